The van der Waals surface area contributed by atoms with E-state index in [0.29, 0.717) is 11.4 Å². The minimum atomic E-state index is -0.859. The van der Waals surface area contributed by atoms with E-state index < -0.39 is 11.6 Å². The first-order valence-electron chi connectivity index (χ1n) is 3.80. The maximum atomic E-state index is 12.6. The molecule has 0 fully saturated rings. The summed E-state index contributed by atoms with van der Waals surface area (Å²) < 4.78 is 25.1. The normalized spacial score (nSPS) is 11.8. The van der Waals surface area contributed by atoms with Crippen LogP contribution in [-0.4, -0.2) is 5.84 Å². The van der Waals surface area contributed by atoms with Crippen LogP contribution < -0.4 is 5.73 Å². The molecule has 0 aromatic heterocycles. The zero-order valence-electron chi connectivity index (χ0n) is 7.22. The highest BCUT2D eigenvalue weighted by molar-refractivity contribution is 5.77. The number of aliphatic imine (C=N–C) groups is 1. The molecule has 0 atom stereocenters. The van der Waals surface area contributed by atoms with E-state index in [1.165, 1.54) is 6.07 Å². The van der Waals surface area contributed by atoms with E-state index in [9.17, 15) is 8.78 Å². The van der Waals surface area contributed by atoms with E-state index in [2.05, 4.69) is 4.99 Å². The second kappa shape index (κ2) is 3.98. The van der Waals surface area contributed by atoms with Gasteiger partial charge in [-0.2, -0.15) is 0 Å². The lowest BCUT2D eigenvalue weighted by molar-refractivity contribution is 0.507. The third-order valence-corrected chi connectivity index (χ3v) is 1.50. The molecule has 4 heteroatoms. The molecule has 0 radical (unpaired) electrons. The molecular weight excluding hydrogens is 174 g/mol. The average Bonchev–Trinajstić information content (AvgIpc) is 2.07. The number of nitrogens with zero attached hydrogens (tertiary/aromatic N) is 1. The van der Waals surface area contributed by atoms with Gasteiger partial charge in [0, 0.05) is 0 Å². The van der Waals surface area contributed by atoms with Gasteiger partial charge >= 0.3 is 0 Å². The molecule has 70 valence electrons. The van der Waals surface area contributed by atoms with Gasteiger partial charge in [-0.25, -0.2) is 8.78 Å². The number of rotatable bonds is 2. The molecule has 0 saturated heterocycles. The van der Waals surface area contributed by atoms with Crippen molar-refractivity contribution in [1.82, 2.24) is 0 Å². The van der Waals surface area contributed by atoms with Gasteiger partial charge in [0.25, 0.3) is 0 Å². The van der Waals surface area contributed by atoms with Crippen molar-refractivity contribution >= 4 is 5.84 Å². The van der Waals surface area contributed by atoms with Crippen molar-refractivity contribution in [2.45, 2.75) is 13.5 Å². The van der Waals surface area contributed by atoms with Crippen LogP contribution in [-0.2, 0) is 6.54 Å². The third-order valence-electron chi connectivity index (χ3n) is 1.50. The highest BCUT2D eigenvalue weighted by atomic mass is 19.2. The molecule has 1 rings (SSSR count). The van der Waals surface area contributed by atoms with Crippen LogP contribution in [0.25, 0.3) is 0 Å². The average molecular weight is 184 g/mol. The molecule has 0 aliphatic rings. The Morgan fingerprint density at radius 2 is 2.08 bits per heavy atom. The fraction of sp³-hybridized carbons (Fsp3) is 0.222. The van der Waals surface area contributed by atoms with Crippen LogP contribution in [0.1, 0.15) is 12.5 Å². The zero-order valence-corrected chi connectivity index (χ0v) is 7.22. The first kappa shape index (κ1) is 9.64. The topological polar surface area (TPSA) is 38.4 Å². The van der Waals surface area contributed by atoms with Crippen LogP contribution in [0.15, 0.2) is 23.2 Å². The predicted octanol–water partition coefficient (Wildman–Crippen LogP) is 1.84. The SMILES string of the molecule is CC(N)=NCc1ccc(F)c(F)c1. The van der Waals surface area contributed by atoms with Crippen LogP contribution in [0.3, 0.4) is 0 Å². The molecule has 0 heterocycles. The Morgan fingerprint density at radius 1 is 1.38 bits per heavy atom. The van der Waals surface area contributed by atoms with Crippen LogP contribution in [0.5, 0.6) is 0 Å². The van der Waals surface area contributed by atoms with E-state index in [1.54, 1.807) is 6.92 Å². The van der Waals surface area contributed by atoms with Crippen molar-refractivity contribution in [3.8, 4) is 0 Å². The second-order valence-electron chi connectivity index (χ2n) is 2.71. The van der Waals surface area contributed by atoms with E-state index in [4.69, 9.17) is 5.73 Å². The fourth-order valence-electron chi connectivity index (χ4n) is 0.854. The Kier molecular flexibility index (Phi) is 2.95. The van der Waals surface area contributed by atoms with Crippen LogP contribution >= 0.6 is 0 Å². The van der Waals surface area contributed by atoms with E-state index in [0.717, 1.165) is 12.1 Å². The van der Waals surface area contributed by atoms with Gasteiger partial charge in [-0.1, -0.05) is 6.07 Å². The van der Waals surface area contributed by atoms with Crippen molar-refractivity contribution in [2.75, 3.05) is 0 Å². The van der Waals surface area contributed by atoms with Gasteiger partial charge in [-0.05, 0) is 24.6 Å². The molecule has 0 unspecified atom stereocenters. The standard InChI is InChI=1S/C9H10F2N2/c1-6(12)13-5-7-2-3-8(10)9(11)4-7/h2-4H,5H2,1H3,(H2,12,13). The molecule has 1 aromatic carbocycles. The van der Waals surface area contributed by atoms with Crippen molar-refractivity contribution in [1.29, 1.82) is 0 Å². The van der Waals surface area contributed by atoms with Gasteiger partial charge in [-0.15, -0.1) is 0 Å². The Balaban J connectivity index is 2.80. The van der Waals surface area contributed by atoms with E-state index in [-0.39, 0.29) is 6.54 Å². The number of nitrogens with two attached hydrogens (primary N) is 1. The quantitative estimate of drug-likeness (QED) is 0.552. The molecule has 0 amide bonds. The predicted molar refractivity (Wildman–Crippen MR) is 47.4 cm³/mol. The van der Waals surface area contributed by atoms with Crippen LogP contribution in [0.4, 0.5) is 8.78 Å². The van der Waals surface area contributed by atoms with Gasteiger partial charge < -0.3 is 5.73 Å². The van der Waals surface area contributed by atoms with Crippen LogP contribution in [0, 0.1) is 11.6 Å². The molecule has 0 aliphatic heterocycles. The van der Waals surface area contributed by atoms with Gasteiger partial charge in [0.2, 0.25) is 0 Å². The van der Waals surface area contributed by atoms with Gasteiger partial charge in [0.15, 0.2) is 11.6 Å². The molecule has 1 aromatic rings. The molecular formula is C9H10F2N2. The number of benzene rings is 1. The smallest absolute Gasteiger partial charge is 0.159 e. The monoisotopic (exact) mass is 184 g/mol. The number of halogens is 2. The Bertz CT molecular complexity index is 330. The first-order chi connectivity index (χ1) is 6.09. The molecule has 2 nitrogen and oxygen atoms in total. The Hall–Kier alpha value is -1.45. The number of hydrogen-bond acceptors (Lipinski definition) is 1. The largest absolute Gasteiger partial charge is 0.388 e. The molecule has 2 N–H and O–H groups in total. The molecule has 0 spiro atoms. The number of amidine groups is 1. The molecule has 0 saturated carbocycles. The van der Waals surface area contributed by atoms with Crippen molar-refractivity contribution in [3.05, 3.63) is 35.4 Å². The third kappa shape index (κ3) is 2.82. The highest BCUT2D eigenvalue weighted by Gasteiger charge is 2.01. The van der Waals surface area contributed by atoms with Crippen molar-refractivity contribution < 1.29 is 8.78 Å². The summed E-state index contributed by atoms with van der Waals surface area (Å²) in [6, 6.07) is 3.67. The van der Waals surface area contributed by atoms with E-state index in [1.807, 2.05) is 0 Å². The second-order valence-corrected chi connectivity index (χ2v) is 2.71. The zero-order chi connectivity index (χ0) is 9.84. The molecule has 0 bridgehead atoms. The summed E-state index contributed by atoms with van der Waals surface area (Å²) in [7, 11) is 0. The first-order valence-corrected chi connectivity index (χ1v) is 3.80. The fourth-order valence-corrected chi connectivity index (χ4v) is 0.854. The summed E-state index contributed by atoms with van der Waals surface area (Å²) in [6.45, 7) is 1.92. The summed E-state index contributed by atoms with van der Waals surface area (Å²) in [4.78, 5) is 3.87. The van der Waals surface area contributed by atoms with Gasteiger partial charge in [0.05, 0.1) is 12.4 Å². The van der Waals surface area contributed by atoms with Crippen molar-refractivity contribution in [3.63, 3.8) is 0 Å². The summed E-state index contributed by atoms with van der Waals surface area (Å²) in [5.74, 6) is -1.29. The Morgan fingerprint density at radius 3 is 2.62 bits per heavy atom. The minimum Gasteiger partial charge on any atom is -0.388 e. The minimum absolute atomic E-state index is 0.277. The lowest BCUT2D eigenvalue weighted by Crippen LogP contribution is -2.05. The lowest BCUT2D eigenvalue weighted by Gasteiger charge is -1.98. The summed E-state index contributed by atoms with van der Waals surface area (Å²) in [5, 5.41) is 0. The lowest BCUT2D eigenvalue weighted by atomic mass is 10.2. The molecule has 0 aliphatic carbocycles. The summed E-state index contributed by atoms with van der Waals surface area (Å²) in [6.07, 6.45) is 0. The van der Waals surface area contributed by atoms with Crippen molar-refractivity contribution in [2.24, 2.45) is 10.7 Å². The summed E-state index contributed by atoms with van der Waals surface area (Å²) in [5.41, 5.74) is 5.89. The maximum Gasteiger partial charge on any atom is 0.159 e. The summed E-state index contributed by atoms with van der Waals surface area (Å²) >= 11 is 0. The Labute approximate surface area is 75.1 Å². The maximum absolute atomic E-state index is 12.6. The van der Waals surface area contributed by atoms with Gasteiger partial charge in [-0.3, -0.25) is 4.99 Å². The highest BCUT2D eigenvalue weighted by Crippen LogP contribution is 2.09. The van der Waals surface area contributed by atoms with E-state index >= 15 is 0 Å². The van der Waals surface area contributed by atoms with Crippen LogP contribution in [0.2, 0.25) is 0 Å². The number of hydrogen-bond donors (Lipinski definition) is 1. The molecule has 13 heavy (non-hydrogen) atoms. The van der Waals surface area contributed by atoms with Gasteiger partial charge in [0.1, 0.15) is 0 Å².